The summed E-state index contributed by atoms with van der Waals surface area (Å²) in [4.78, 5) is 0. The summed E-state index contributed by atoms with van der Waals surface area (Å²) in [6.45, 7) is 3.56. The summed E-state index contributed by atoms with van der Waals surface area (Å²) in [6, 6.07) is 2.36. The summed E-state index contributed by atoms with van der Waals surface area (Å²) in [7, 11) is 1.93. The third-order valence-electron chi connectivity index (χ3n) is 1.91. The van der Waals surface area contributed by atoms with Crippen molar-refractivity contribution in [1.82, 2.24) is 15.1 Å². The third kappa shape index (κ3) is 2.32. The summed E-state index contributed by atoms with van der Waals surface area (Å²) in [5.41, 5.74) is 6.64. The highest BCUT2D eigenvalue weighted by atomic mass is 15.3. The molecule has 0 fully saturated rings. The van der Waals surface area contributed by atoms with Crippen molar-refractivity contribution < 1.29 is 0 Å². The van der Waals surface area contributed by atoms with Crippen LogP contribution < -0.4 is 11.1 Å². The van der Waals surface area contributed by atoms with Crippen LogP contribution in [-0.2, 0) is 13.6 Å². The topological polar surface area (TPSA) is 55.9 Å². The maximum absolute atomic E-state index is 5.46. The first-order chi connectivity index (χ1) is 5.74. The molecular formula is C8H16N4. The molecule has 0 bridgehead atoms. The summed E-state index contributed by atoms with van der Waals surface area (Å²) < 4.78 is 1.86. The first-order valence-corrected chi connectivity index (χ1v) is 4.14. The fraction of sp³-hybridized carbons (Fsp3) is 0.625. The zero-order valence-corrected chi connectivity index (χ0v) is 7.62. The standard InChI is InChI=1S/C8H16N4/c1-7(5-9)10-6-8-3-4-11-12(8)2/h3-4,7,10H,5-6,9H2,1-2H3/t7-/m1/s1. The SMILES string of the molecule is C[C@H](CN)NCc1ccnn1C. The fourth-order valence-corrected chi connectivity index (χ4v) is 0.937. The minimum absolute atomic E-state index is 0.361. The Hall–Kier alpha value is -0.870. The molecule has 0 aliphatic carbocycles. The van der Waals surface area contributed by atoms with Gasteiger partial charge in [-0.25, -0.2) is 0 Å². The highest BCUT2D eigenvalue weighted by molar-refractivity contribution is 4.99. The van der Waals surface area contributed by atoms with Crippen LogP contribution in [0.25, 0.3) is 0 Å². The smallest absolute Gasteiger partial charge is 0.0518 e. The van der Waals surface area contributed by atoms with Crippen LogP contribution >= 0.6 is 0 Å². The van der Waals surface area contributed by atoms with E-state index < -0.39 is 0 Å². The van der Waals surface area contributed by atoms with Gasteiger partial charge < -0.3 is 11.1 Å². The third-order valence-corrected chi connectivity index (χ3v) is 1.91. The molecule has 0 unspecified atom stereocenters. The highest BCUT2D eigenvalue weighted by Gasteiger charge is 2.00. The van der Waals surface area contributed by atoms with E-state index >= 15 is 0 Å². The molecule has 0 aromatic carbocycles. The average Bonchev–Trinajstić information content (AvgIpc) is 2.47. The van der Waals surface area contributed by atoms with E-state index in [1.54, 1.807) is 6.20 Å². The largest absolute Gasteiger partial charge is 0.329 e. The van der Waals surface area contributed by atoms with Gasteiger partial charge in [-0.15, -0.1) is 0 Å². The molecule has 1 aromatic rings. The van der Waals surface area contributed by atoms with Crippen molar-refractivity contribution in [3.05, 3.63) is 18.0 Å². The van der Waals surface area contributed by atoms with Crippen LogP contribution in [0.15, 0.2) is 12.3 Å². The molecule has 0 radical (unpaired) electrons. The zero-order chi connectivity index (χ0) is 8.97. The number of rotatable bonds is 4. The van der Waals surface area contributed by atoms with E-state index in [2.05, 4.69) is 17.3 Å². The summed E-state index contributed by atoms with van der Waals surface area (Å²) in [5, 5.41) is 7.36. The summed E-state index contributed by atoms with van der Waals surface area (Å²) in [6.07, 6.45) is 1.80. The predicted molar refractivity (Wildman–Crippen MR) is 48.6 cm³/mol. The first kappa shape index (κ1) is 9.22. The van der Waals surface area contributed by atoms with Gasteiger partial charge in [0.05, 0.1) is 5.69 Å². The van der Waals surface area contributed by atoms with Crippen LogP contribution in [0.5, 0.6) is 0 Å². The van der Waals surface area contributed by atoms with Crippen molar-refractivity contribution >= 4 is 0 Å². The first-order valence-electron chi connectivity index (χ1n) is 4.14. The van der Waals surface area contributed by atoms with Crippen molar-refractivity contribution in [2.24, 2.45) is 12.8 Å². The average molecular weight is 168 g/mol. The lowest BCUT2D eigenvalue weighted by Crippen LogP contribution is -2.33. The Bertz CT molecular complexity index is 231. The number of nitrogens with two attached hydrogens (primary N) is 1. The van der Waals surface area contributed by atoms with Crippen molar-refractivity contribution in [2.75, 3.05) is 6.54 Å². The normalized spacial score (nSPS) is 13.2. The minimum atomic E-state index is 0.361. The lowest BCUT2D eigenvalue weighted by molar-refractivity contribution is 0.535. The maximum Gasteiger partial charge on any atom is 0.0518 e. The molecule has 0 saturated carbocycles. The molecular weight excluding hydrogens is 152 g/mol. The molecule has 1 aromatic heterocycles. The second-order valence-corrected chi connectivity index (χ2v) is 2.96. The Morgan fingerprint density at radius 3 is 3.00 bits per heavy atom. The van der Waals surface area contributed by atoms with Crippen LogP contribution in [0.2, 0.25) is 0 Å². The number of hydrogen-bond donors (Lipinski definition) is 2. The van der Waals surface area contributed by atoms with Gasteiger partial charge in [-0.05, 0) is 13.0 Å². The van der Waals surface area contributed by atoms with Gasteiger partial charge >= 0.3 is 0 Å². The van der Waals surface area contributed by atoms with Gasteiger partial charge in [-0.2, -0.15) is 5.10 Å². The van der Waals surface area contributed by atoms with E-state index in [9.17, 15) is 0 Å². The Morgan fingerprint density at radius 2 is 2.50 bits per heavy atom. The molecule has 0 saturated heterocycles. The molecule has 4 heteroatoms. The summed E-state index contributed by atoms with van der Waals surface area (Å²) >= 11 is 0. The van der Waals surface area contributed by atoms with E-state index in [4.69, 9.17) is 5.73 Å². The monoisotopic (exact) mass is 168 g/mol. The molecule has 0 spiro atoms. The van der Waals surface area contributed by atoms with Crippen molar-refractivity contribution in [3.8, 4) is 0 Å². The van der Waals surface area contributed by atoms with E-state index in [0.29, 0.717) is 12.6 Å². The molecule has 3 N–H and O–H groups in total. The molecule has 0 amide bonds. The molecule has 1 heterocycles. The van der Waals surface area contributed by atoms with Crippen molar-refractivity contribution in [1.29, 1.82) is 0 Å². The van der Waals surface area contributed by atoms with E-state index in [0.717, 1.165) is 6.54 Å². The van der Waals surface area contributed by atoms with Gasteiger partial charge in [0, 0.05) is 32.4 Å². The van der Waals surface area contributed by atoms with Crippen LogP contribution in [0.4, 0.5) is 0 Å². The van der Waals surface area contributed by atoms with Gasteiger partial charge in [0.25, 0.3) is 0 Å². The number of nitrogens with one attached hydrogen (secondary N) is 1. The Morgan fingerprint density at radius 1 is 1.75 bits per heavy atom. The molecule has 12 heavy (non-hydrogen) atoms. The van der Waals surface area contributed by atoms with Gasteiger partial charge in [0.15, 0.2) is 0 Å². The molecule has 1 rings (SSSR count). The Balaban J connectivity index is 2.38. The summed E-state index contributed by atoms with van der Waals surface area (Å²) in [5.74, 6) is 0. The molecule has 0 aliphatic rings. The molecule has 4 nitrogen and oxygen atoms in total. The molecule has 1 atom stereocenters. The second-order valence-electron chi connectivity index (χ2n) is 2.96. The predicted octanol–water partition coefficient (Wildman–Crippen LogP) is -0.143. The van der Waals surface area contributed by atoms with Gasteiger partial charge in [-0.1, -0.05) is 0 Å². The van der Waals surface area contributed by atoms with E-state index in [1.807, 2.05) is 17.8 Å². The number of aryl methyl sites for hydroxylation is 1. The minimum Gasteiger partial charge on any atom is -0.329 e. The lowest BCUT2D eigenvalue weighted by atomic mass is 10.3. The van der Waals surface area contributed by atoms with Crippen LogP contribution in [-0.4, -0.2) is 22.4 Å². The van der Waals surface area contributed by atoms with Gasteiger partial charge in [-0.3, -0.25) is 4.68 Å². The fourth-order valence-electron chi connectivity index (χ4n) is 0.937. The number of aromatic nitrogens is 2. The van der Waals surface area contributed by atoms with Gasteiger partial charge in [0.1, 0.15) is 0 Å². The lowest BCUT2D eigenvalue weighted by Gasteiger charge is -2.10. The number of hydrogen-bond acceptors (Lipinski definition) is 3. The van der Waals surface area contributed by atoms with E-state index in [-0.39, 0.29) is 0 Å². The Labute approximate surface area is 72.8 Å². The molecule has 68 valence electrons. The van der Waals surface area contributed by atoms with E-state index in [1.165, 1.54) is 5.69 Å². The quantitative estimate of drug-likeness (QED) is 0.657. The van der Waals surface area contributed by atoms with Crippen molar-refractivity contribution in [2.45, 2.75) is 19.5 Å². The van der Waals surface area contributed by atoms with Crippen molar-refractivity contribution in [3.63, 3.8) is 0 Å². The van der Waals surface area contributed by atoms with Crippen LogP contribution in [0.1, 0.15) is 12.6 Å². The zero-order valence-electron chi connectivity index (χ0n) is 7.62. The highest BCUT2D eigenvalue weighted by Crippen LogP contribution is 1.95. The van der Waals surface area contributed by atoms with Crippen LogP contribution in [0, 0.1) is 0 Å². The van der Waals surface area contributed by atoms with Crippen LogP contribution in [0.3, 0.4) is 0 Å². The maximum atomic E-state index is 5.46. The van der Waals surface area contributed by atoms with Gasteiger partial charge in [0.2, 0.25) is 0 Å². The second kappa shape index (κ2) is 4.23. The molecule has 0 aliphatic heterocycles. The Kier molecular flexibility index (Phi) is 3.25. The number of nitrogens with zero attached hydrogens (tertiary/aromatic N) is 2.